The molecule has 0 spiro atoms. The smallest absolute Gasteiger partial charge is 0.264 e. The molecule has 248 valence electrons. The first-order chi connectivity index (χ1) is 22.5. The van der Waals surface area contributed by atoms with Crippen molar-refractivity contribution in [3.05, 3.63) is 125 Å². The highest BCUT2D eigenvalue weighted by molar-refractivity contribution is 7.92. The Bertz CT molecular complexity index is 1760. The van der Waals surface area contributed by atoms with E-state index in [0.29, 0.717) is 23.5 Å². The van der Waals surface area contributed by atoms with E-state index in [4.69, 9.17) is 4.74 Å². The van der Waals surface area contributed by atoms with Gasteiger partial charge in [0.1, 0.15) is 18.3 Å². The van der Waals surface area contributed by atoms with Crippen LogP contribution < -0.4 is 14.4 Å². The van der Waals surface area contributed by atoms with Gasteiger partial charge in [0.2, 0.25) is 11.8 Å². The first-order valence-corrected chi connectivity index (χ1v) is 17.4. The van der Waals surface area contributed by atoms with E-state index in [1.807, 2.05) is 94.4 Å². The third kappa shape index (κ3) is 9.23. The lowest BCUT2D eigenvalue weighted by Crippen LogP contribution is -2.53. The van der Waals surface area contributed by atoms with Gasteiger partial charge in [0.05, 0.1) is 17.7 Å². The van der Waals surface area contributed by atoms with Crippen molar-refractivity contribution in [2.45, 2.75) is 64.4 Å². The third-order valence-corrected chi connectivity index (χ3v) is 9.88. The van der Waals surface area contributed by atoms with Crippen LogP contribution in [0.25, 0.3) is 0 Å². The average molecular weight is 656 g/mol. The van der Waals surface area contributed by atoms with Crippen LogP contribution in [-0.4, -0.2) is 51.4 Å². The fourth-order valence-corrected chi connectivity index (χ4v) is 6.84. The van der Waals surface area contributed by atoms with Gasteiger partial charge < -0.3 is 15.0 Å². The summed E-state index contributed by atoms with van der Waals surface area (Å²) in [5, 5.41) is 3.02. The highest BCUT2D eigenvalue weighted by Crippen LogP contribution is 2.29. The first-order valence-electron chi connectivity index (χ1n) is 15.9. The van der Waals surface area contributed by atoms with E-state index in [0.717, 1.165) is 35.1 Å². The average Bonchev–Trinajstić information content (AvgIpc) is 3.07. The molecule has 0 saturated heterocycles. The Balaban J connectivity index is 1.83. The fraction of sp³-hybridized carbons (Fsp3) is 0.316. The van der Waals surface area contributed by atoms with E-state index in [1.54, 1.807) is 37.4 Å². The largest absolute Gasteiger partial charge is 0.497 e. The number of nitrogens with one attached hydrogen (secondary N) is 1. The molecule has 9 heteroatoms. The predicted octanol–water partition coefficient (Wildman–Crippen LogP) is 6.37. The van der Waals surface area contributed by atoms with Gasteiger partial charge in [-0.2, -0.15) is 0 Å². The summed E-state index contributed by atoms with van der Waals surface area (Å²) in [5.74, 6) is -0.185. The van der Waals surface area contributed by atoms with Crippen molar-refractivity contribution in [1.82, 2.24) is 10.2 Å². The minimum Gasteiger partial charge on any atom is -0.497 e. The Kier molecular flexibility index (Phi) is 12.2. The molecule has 0 aromatic heterocycles. The molecule has 0 heterocycles. The second kappa shape index (κ2) is 16.3. The van der Waals surface area contributed by atoms with Crippen LogP contribution in [0.15, 0.2) is 102 Å². The number of nitrogens with zero attached hydrogens (tertiary/aromatic N) is 2. The molecule has 0 radical (unpaired) electrons. The van der Waals surface area contributed by atoms with Crippen molar-refractivity contribution in [2.75, 3.05) is 24.5 Å². The summed E-state index contributed by atoms with van der Waals surface area (Å²) in [7, 11) is -2.61. The summed E-state index contributed by atoms with van der Waals surface area (Å²) in [6.07, 6.45) is 1.95. The van der Waals surface area contributed by atoms with Gasteiger partial charge in [-0.25, -0.2) is 8.42 Å². The van der Waals surface area contributed by atoms with Crippen LogP contribution in [0.4, 0.5) is 5.69 Å². The predicted molar refractivity (Wildman–Crippen MR) is 187 cm³/mol. The summed E-state index contributed by atoms with van der Waals surface area (Å²) in [6.45, 7) is 7.67. The number of hydrogen-bond acceptors (Lipinski definition) is 5. The van der Waals surface area contributed by atoms with Crippen LogP contribution in [0.3, 0.4) is 0 Å². The Hall–Kier alpha value is -4.63. The van der Waals surface area contributed by atoms with Crippen molar-refractivity contribution in [2.24, 2.45) is 0 Å². The Morgan fingerprint density at radius 2 is 1.51 bits per heavy atom. The van der Waals surface area contributed by atoms with Gasteiger partial charge in [-0.15, -0.1) is 0 Å². The minimum absolute atomic E-state index is 0.0694. The Morgan fingerprint density at radius 1 is 0.830 bits per heavy atom. The monoisotopic (exact) mass is 655 g/mol. The summed E-state index contributed by atoms with van der Waals surface area (Å²) >= 11 is 0. The molecule has 2 amide bonds. The van der Waals surface area contributed by atoms with Gasteiger partial charge in [-0.05, 0) is 79.8 Å². The number of benzene rings is 4. The maximum absolute atomic E-state index is 14.7. The van der Waals surface area contributed by atoms with E-state index in [2.05, 4.69) is 5.32 Å². The number of sulfonamides is 1. The van der Waals surface area contributed by atoms with Crippen molar-refractivity contribution in [3.8, 4) is 5.75 Å². The number of carbonyl (C=O) groups excluding carboxylic acids is 2. The normalized spacial score (nSPS) is 11.9. The van der Waals surface area contributed by atoms with Crippen molar-refractivity contribution < 1.29 is 22.7 Å². The molecule has 0 fully saturated rings. The van der Waals surface area contributed by atoms with Crippen LogP contribution in [-0.2, 0) is 32.6 Å². The number of methoxy groups -OCH3 is 1. The zero-order valence-electron chi connectivity index (χ0n) is 27.9. The molecule has 0 bridgehead atoms. The lowest BCUT2D eigenvalue weighted by atomic mass is 10.0. The lowest BCUT2D eigenvalue weighted by Gasteiger charge is -2.34. The topological polar surface area (TPSA) is 96.0 Å². The molecule has 4 aromatic carbocycles. The number of amides is 2. The summed E-state index contributed by atoms with van der Waals surface area (Å²) in [4.78, 5) is 30.2. The minimum atomic E-state index is -4.18. The van der Waals surface area contributed by atoms with Crippen molar-refractivity contribution in [3.63, 3.8) is 0 Å². The van der Waals surface area contributed by atoms with Crippen LogP contribution in [0, 0.1) is 20.8 Å². The number of aryl methyl sites for hydroxylation is 3. The highest BCUT2D eigenvalue weighted by Gasteiger charge is 2.35. The van der Waals surface area contributed by atoms with Gasteiger partial charge in [0, 0.05) is 19.5 Å². The zero-order chi connectivity index (χ0) is 34.0. The molecule has 0 aliphatic heterocycles. The molecule has 4 rings (SSSR count). The molecule has 8 nitrogen and oxygen atoms in total. The van der Waals surface area contributed by atoms with Gasteiger partial charge in [-0.1, -0.05) is 85.6 Å². The first kappa shape index (κ1) is 35.2. The van der Waals surface area contributed by atoms with Crippen molar-refractivity contribution >= 4 is 27.5 Å². The van der Waals surface area contributed by atoms with Gasteiger partial charge in [-0.3, -0.25) is 13.9 Å². The van der Waals surface area contributed by atoms with Crippen molar-refractivity contribution in [1.29, 1.82) is 0 Å². The Morgan fingerprint density at radius 3 is 2.19 bits per heavy atom. The standard InChI is InChI=1S/C38H45N3O5S/c1-6-7-22-39-38(43)36(25-31-12-9-8-10-13-31)40(26-32-14-11-15-33(24-32)46-5)37(42)27-41(35-23-29(3)16-19-30(35)4)47(44,45)34-20-17-28(2)18-21-34/h8-21,23-24,36H,6-7,22,25-27H2,1-5H3,(H,39,43)/t36-/m1/s1. The van der Waals surface area contributed by atoms with Crippen LogP contribution in [0.2, 0.25) is 0 Å². The maximum atomic E-state index is 14.7. The van der Waals surface area contributed by atoms with Crippen LogP contribution in [0.5, 0.6) is 5.75 Å². The van der Waals surface area contributed by atoms with Gasteiger partial charge in [0.25, 0.3) is 10.0 Å². The SMILES string of the molecule is CCCCNC(=O)[C@@H](Cc1ccccc1)N(Cc1cccc(OC)c1)C(=O)CN(c1cc(C)ccc1C)S(=O)(=O)c1ccc(C)cc1. The summed E-state index contributed by atoms with van der Waals surface area (Å²) in [6, 6.07) is 28.1. The lowest BCUT2D eigenvalue weighted by molar-refractivity contribution is -0.140. The van der Waals surface area contributed by atoms with E-state index in [-0.39, 0.29) is 23.8 Å². The van der Waals surface area contributed by atoms with Gasteiger partial charge in [0.15, 0.2) is 0 Å². The molecule has 47 heavy (non-hydrogen) atoms. The summed E-state index contributed by atoms with van der Waals surface area (Å²) in [5.41, 5.74) is 4.51. The maximum Gasteiger partial charge on any atom is 0.264 e. The number of rotatable bonds is 15. The van der Waals surface area contributed by atoms with E-state index < -0.39 is 28.5 Å². The summed E-state index contributed by atoms with van der Waals surface area (Å²) < 4.78 is 35.3. The number of carbonyl (C=O) groups is 2. The molecular weight excluding hydrogens is 611 g/mol. The van der Waals surface area contributed by atoms with Gasteiger partial charge >= 0.3 is 0 Å². The molecule has 1 atom stereocenters. The van der Waals surface area contributed by atoms with E-state index in [1.165, 1.54) is 9.21 Å². The molecule has 0 aliphatic rings. The third-order valence-electron chi connectivity index (χ3n) is 8.11. The second-order valence-electron chi connectivity index (χ2n) is 11.8. The molecular formula is C38H45N3O5S. The number of ether oxygens (including phenoxy) is 1. The van der Waals surface area contributed by atoms with E-state index in [9.17, 15) is 18.0 Å². The molecule has 0 aliphatic carbocycles. The molecule has 0 unspecified atom stereocenters. The van der Waals surface area contributed by atoms with Crippen LogP contribution in [0.1, 0.15) is 47.6 Å². The van der Waals surface area contributed by atoms with Crippen LogP contribution >= 0.6 is 0 Å². The number of unbranched alkanes of at least 4 members (excludes halogenated alkanes) is 1. The number of hydrogen-bond donors (Lipinski definition) is 1. The molecule has 1 N–H and O–H groups in total. The number of anilines is 1. The quantitative estimate of drug-likeness (QED) is 0.150. The zero-order valence-corrected chi connectivity index (χ0v) is 28.7. The molecule has 4 aromatic rings. The Labute approximate surface area is 279 Å². The highest BCUT2D eigenvalue weighted by atomic mass is 32.2. The van der Waals surface area contributed by atoms with E-state index >= 15 is 0 Å². The molecule has 0 saturated carbocycles. The second-order valence-corrected chi connectivity index (χ2v) is 13.7. The fourth-order valence-electron chi connectivity index (χ4n) is 5.37.